The first kappa shape index (κ1) is 14.0. The van der Waals surface area contributed by atoms with Gasteiger partial charge in [-0.3, -0.25) is 0 Å². The summed E-state index contributed by atoms with van der Waals surface area (Å²) in [5.41, 5.74) is 7.96. The quantitative estimate of drug-likeness (QED) is 0.847. The molecule has 0 saturated carbocycles. The first-order valence-corrected chi connectivity index (χ1v) is 6.68. The lowest BCUT2D eigenvalue weighted by Crippen LogP contribution is -2.21. The number of rotatable bonds is 1. The van der Waals surface area contributed by atoms with Crippen LogP contribution in [-0.2, 0) is 0 Å². The minimum Gasteiger partial charge on any atom is -0.507 e. The number of nitriles is 1. The molecule has 0 bridgehead atoms. The van der Waals surface area contributed by atoms with Crippen LogP contribution in [0, 0.1) is 24.1 Å². The Morgan fingerprint density at radius 3 is 2.59 bits per heavy atom. The number of halogens is 1. The van der Waals surface area contributed by atoms with Gasteiger partial charge in [-0.2, -0.15) is 5.26 Å². The summed E-state index contributed by atoms with van der Waals surface area (Å²) in [7, 11) is 0. The van der Waals surface area contributed by atoms with Gasteiger partial charge in [0.1, 0.15) is 29.0 Å². The van der Waals surface area contributed by atoms with Crippen LogP contribution < -0.4 is 10.5 Å². The molecule has 0 aromatic heterocycles. The highest BCUT2D eigenvalue weighted by molar-refractivity contribution is 5.61. The highest BCUT2D eigenvalue weighted by Gasteiger charge is 2.33. The highest BCUT2D eigenvalue weighted by Crippen LogP contribution is 2.46. The van der Waals surface area contributed by atoms with Gasteiger partial charge in [0.2, 0.25) is 5.88 Å². The smallest absolute Gasteiger partial charge is 0.205 e. The van der Waals surface area contributed by atoms with E-state index in [2.05, 4.69) is 0 Å². The number of aromatic hydroxyl groups is 1. The van der Waals surface area contributed by atoms with Crippen LogP contribution in [0.15, 0.2) is 47.9 Å². The third-order valence-corrected chi connectivity index (χ3v) is 3.65. The molecule has 0 radical (unpaired) electrons. The number of hydrogen-bond donors (Lipinski definition) is 2. The Hall–Kier alpha value is -3.00. The molecule has 1 heterocycles. The second-order valence-corrected chi connectivity index (χ2v) is 5.17. The maximum absolute atomic E-state index is 13.2. The van der Waals surface area contributed by atoms with Crippen LogP contribution in [0.5, 0.6) is 11.5 Å². The lowest BCUT2D eigenvalue weighted by Gasteiger charge is -2.27. The molecular formula is C17H13FN2O2. The van der Waals surface area contributed by atoms with E-state index in [1.165, 1.54) is 12.1 Å². The van der Waals surface area contributed by atoms with Gasteiger partial charge in [-0.15, -0.1) is 0 Å². The number of benzene rings is 2. The van der Waals surface area contributed by atoms with Gasteiger partial charge in [-0.1, -0.05) is 12.1 Å². The number of allylic oxidation sites excluding steroid dienone is 1. The molecule has 3 rings (SSSR count). The van der Waals surface area contributed by atoms with Crippen LogP contribution in [0.25, 0.3) is 0 Å². The van der Waals surface area contributed by atoms with Crippen molar-refractivity contribution in [1.82, 2.24) is 0 Å². The van der Waals surface area contributed by atoms with Crippen molar-refractivity contribution < 1.29 is 14.2 Å². The summed E-state index contributed by atoms with van der Waals surface area (Å²) in [5.74, 6) is -0.545. The van der Waals surface area contributed by atoms with Crippen molar-refractivity contribution in [3.05, 3.63) is 70.4 Å². The highest BCUT2D eigenvalue weighted by atomic mass is 19.1. The van der Waals surface area contributed by atoms with Crippen molar-refractivity contribution >= 4 is 0 Å². The van der Waals surface area contributed by atoms with Gasteiger partial charge < -0.3 is 15.6 Å². The van der Waals surface area contributed by atoms with Crippen molar-refractivity contribution in [1.29, 1.82) is 5.26 Å². The van der Waals surface area contributed by atoms with Crippen LogP contribution in [-0.4, -0.2) is 5.11 Å². The van der Waals surface area contributed by atoms with Gasteiger partial charge in [0.15, 0.2) is 0 Å². The topological polar surface area (TPSA) is 79.3 Å². The maximum Gasteiger partial charge on any atom is 0.205 e. The third-order valence-electron chi connectivity index (χ3n) is 3.65. The number of nitrogens with two attached hydrogens (primary N) is 1. The minimum atomic E-state index is -0.588. The van der Waals surface area contributed by atoms with Crippen LogP contribution in [0.2, 0.25) is 0 Å². The van der Waals surface area contributed by atoms with E-state index in [9.17, 15) is 14.8 Å². The van der Waals surface area contributed by atoms with E-state index >= 15 is 0 Å². The van der Waals surface area contributed by atoms with Crippen molar-refractivity contribution in [2.45, 2.75) is 12.8 Å². The Morgan fingerprint density at radius 1 is 1.27 bits per heavy atom. The van der Waals surface area contributed by atoms with E-state index in [1.807, 2.05) is 13.0 Å². The summed E-state index contributed by atoms with van der Waals surface area (Å²) in [6, 6.07) is 11.1. The molecular weight excluding hydrogens is 283 g/mol. The van der Waals surface area contributed by atoms with Crippen LogP contribution in [0.4, 0.5) is 4.39 Å². The molecule has 4 nitrogen and oxygen atoms in total. The Bertz CT molecular complexity index is 820. The molecule has 1 aliphatic heterocycles. The molecule has 1 unspecified atom stereocenters. The zero-order valence-corrected chi connectivity index (χ0v) is 11.8. The van der Waals surface area contributed by atoms with Gasteiger partial charge in [0, 0.05) is 5.56 Å². The van der Waals surface area contributed by atoms with E-state index in [0.29, 0.717) is 16.9 Å². The van der Waals surface area contributed by atoms with Gasteiger partial charge in [0.25, 0.3) is 0 Å². The lowest BCUT2D eigenvalue weighted by atomic mass is 9.82. The average molecular weight is 296 g/mol. The van der Waals surface area contributed by atoms with Gasteiger partial charge in [-0.25, -0.2) is 4.39 Å². The Kier molecular flexibility index (Phi) is 3.22. The number of aryl methyl sites for hydroxylation is 1. The number of hydrogen-bond acceptors (Lipinski definition) is 4. The second kappa shape index (κ2) is 5.08. The summed E-state index contributed by atoms with van der Waals surface area (Å²) >= 11 is 0. The maximum atomic E-state index is 13.2. The molecule has 2 aromatic carbocycles. The monoisotopic (exact) mass is 296 g/mol. The Balaban J connectivity index is 2.27. The molecule has 5 heteroatoms. The summed E-state index contributed by atoms with van der Waals surface area (Å²) in [6.45, 7) is 1.82. The predicted molar refractivity (Wildman–Crippen MR) is 78.5 cm³/mol. The second-order valence-electron chi connectivity index (χ2n) is 5.17. The van der Waals surface area contributed by atoms with Crippen LogP contribution >= 0.6 is 0 Å². The van der Waals surface area contributed by atoms with Crippen molar-refractivity contribution in [2.75, 3.05) is 0 Å². The molecule has 0 aliphatic carbocycles. The fourth-order valence-corrected chi connectivity index (χ4v) is 2.69. The molecule has 0 amide bonds. The average Bonchev–Trinajstić information content (AvgIpc) is 2.46. The fourth-order valence-electron chi connectivity index (χ4n) is 2.69. The Morgan fingerprint density at radius 2 is 1.95 bits per heavy atom. The summed E-state index contributed by atoms with van der Waals surface area (Å²) in [5, 5.41) is 19.7. The normalized spacial score (nSPS) is 16.7. The first-order chi connectivity index (χ1) is 10.5. The predicted octanol–water partition coefficient (Wildman–Crippen LogP) is 3.06. The van der Waals surface area contributed by atoms with Crippen molar-refractivity contribution in [2.24, 2.45) is 5.73 Å². The SMILES string of the molecule is Cc1cc(O)c2c(c1)OC(N)=C(C#N)C2c1ccc(F)cc1. The van der Waals surface area contributed by atoms with E-state index < -0.39 is 5.92 Å². The van der Waals surface area contributed by atoms with Gasteiger partial charge in [-0.05, 0) is 42.3 Å². The fraction of sp³-hybridized carbons (Fsp3) is 0.118. The first-order valence-electron chi connectivity index (χ1n) is 6.68. The Labute approximate surface area is 126 Å². The standard InChI is InChI=1S/C17H13FN2O2/c1-9-6-13(21)16-14(7-9)22-17(20)12(8-19)15(16)10-2-4-11(18)5-3-10/h2-7,15,21H,20H2,1H3. The van der Waals surface area contributed by atoms with Crippen molar-refractivity contribution in [3.8, 4) is 17.6 Å². The lowest BCUT2D eigenvalue weighted by molar-refractivity contribution is 0.382. The summed E-state index contributed by atoms with van der Waals surface area (Å²) < 4.78 is 18.6. The zero-order chi connectivity index (χ0) is 15.9. The van der Waals surface area contributed by atoms with Crippen molar-refractivity contribution in [3.63, 3.8) is 0 Å². The zero-order valence-electron chi connectivity index (χ0n) is 11.8. The number of nitrogens with zero attached hydrogens (tertiary/aromatic N) is 1. The molecule has 110 valence electrons. The summed E-state index contributed by atoms with van der Waals surface area (Å²) in [4.78, 5) is 0. The number of fused-ring (bicyclic) bond motifs is 1. The molecule has 3 N–H and O–H groups in total. The van der Waals surface area contributed by atoms with E-state index in [0.717, 1.165) is 5.56 Å². The van der Waals surface area contributed by atoms with E-state index in [4.69, 9.17) is 10.5 Å². The van der Waals surface area contributed by atoms with Gasteiger partial charge in [0.05, 0.1) is 5.92 Å². The molecule has 0 saturated heterocycles. The largest absolute Gasteiger partial charge is 0.507 e. The third kappa shape index (κ3) is 2.15. The van der Waals surface area contributed by atoms with Gasteiger partial charge >= 0.3 is 0 Å². The molecule has 22 heavy (non-hydrogen) atoms. The number of phenolic OH excluding ortho intramolecular Hbond substituents is 1. The van der Waals surface area contributed by atoms with E-state index in [-0.39, 0.29) is 23.0 Å². The molecule has 1 aliphatic rings. The van der Waals surface area contributed by atoms with E-state index in [1.54, 1.807) is 24.3 Å². The number of ether oxygens (including phenoxy) is 1. The molecule has 2 aromatic rings. The molecule has 0 spiro atoms. The molecule has 0 fully saturated rings. The summed E-state index contributed by atoms with van der Waals surface area (Å²) in [6.07, 6.45) is 0. The number of phenols is 1. The molecule has 1 atom stereocenters. The minimum absolute atomic E-state index is 0.00525. The van der Waals surface area contributed by atoms with Crippen LogP contribution in [0.3, 0.4) is 0 Å². The van der Waals surface area contributed by atoms with Crippen LogP contribution in [0.1, 0.15) is 22.6 Å².